The number of nitrogens with zero attached hydrogens (tertiary/aromatic N) is 3. The highest BCUT2D eigenvalue weighted by molar-refractivity contribution is 7.97. The normalized spacial score (nSPS) is 40.0. The monoisotopic (exact) mass is 441 g/mol. The second-order valence-corrected chi connectivity index (χ2v) is 11.3. The second-order valence-electron chi connectivity index (χ2n) is 10.3. The molecule has 1 aromatic heterocycles. The Bertz CT molecular complexity index is 832. The molecule has 5 atom stereocenters. The summed E-state index contributed by atoms with van der Waals surface area (Å²) in [6.07, 6.45) is -0.264. The lowest BCUT2D eigenvalue weighted by atomic mass is 9.54. The molecule has 1 N–H and O–H groups in total. The minimum Gasteiger partial charge on any atom is -0.392 e. The highest BCUT2D eigenvalue weighted by Crippen LogP contribution is 2.90. The van der Waals surface area contributed by atoms with Gasteiger partial charge in [0.05, 0.1) is 11.7 Å². The fourth-order valence-electron chi connectivity index (χ4n) is 7.18. The Morgan fingerprint density at radius 3 is 2.57 bits per heavy atom. The molecular formula is C22H30F3N3OS. The number of aliphatic hydroxyl groups excluding tert-OH is 1. The summed E-state index contributed by atoms with van der Waals surface area (Å²) in [4.78, 5) is 6.16. The zero-order chi connectivity index (χ0) is 21.5. The fraction of sp³-hybridized carbons (Fsp3) is 0.773. The molecule has 3 aliphatic carbocycles. The number of halogens is 3. The van der Waals surface area contributed by atoms with Crippen molar-refractivity contribution in [3.8, 4) is 0 Å². The van der Waals surface area contributed by atoms with Gasteiger partial charge in [-0.15, -0.1) is 0 Å². The van der Waals surface area contributed by atoms with E-state index in [0.29, 0.717) is 22.6 Å². The third kappa shape index (κ3) is 2.65. The van der Waals surface area contributed by atoms with Crippen LogP contribution in [0, 0.1) is 22.2 Å². The summed E-state index contributed by atoms with van der Waals surface area (Å²) in [6.45, 7) is 9.25. The number of piperazine rings is 1. The van der Waals surface area contributed by atoms with Gasteiger partial charge >= 0.3 is 6.18 Å². The van der Waals surface area contributed by atoms with Crippen LogP contribution in [-0.4, -0.2) is 51.9 Å². The van der Waals surface area contributed by atoms with Crippen molar-refractivity contribution in [3.63, 3.8) is 0 Å². The van der Waals surface area contributed by atoms with Crippen molar-refractivity contribution >= 4 is 17.8 Å². The maximum Gasteiger partial charge on any atom is 0.417 e. The molecule has 30 heavy (non-hydrogen) atoms. The molecule has 3 saturated carbocycles. The van der Waals surface area contributed by atoms with E-state index in [-0.39, 0.29) is 17.6 Å². The summed E-state index contributed by atoms with van der Waals surface area (Å²) in [5.41, 5.74) is 0.0782. The van der Waals surface area contributed by atoms with E-state index in [1.54, 1.807) is 0 Å². The van der Waals surface area contributed by atoms with E-state index >= 15 is 0 Å². The highest BCUT2D eigenvalue weighted by atomic mass is 32.2. The third-order valence-electron chi connectivity index (χ3n) is 8.95. The first-order valence-corrected chi connectivity index (χ1v) is 11.8. The molecule has 5 rings (SSSR count). The number of aliphatic hydroxyl groups is 1. The summed E-state index contributed by atoms with van der Waals surface area (Å²) in [5, 5.41) is 10.8. The molecule has 1 aromatic rings. The van der Waals surface area contributed by atoms with E-state index < -0.39 is 11.7 Å². The zero-order valence-corrected chi connectivity index (χ0v) is 18.6. The maximum atomic E-state index is 12.8. The highest BCUT2D eigenvalue weighted by Gasteiger charge is 2.87. The second kappa shape index (κ2) is 6.51. The fourth-order valence-corrected chi connectivity index (χ4v) is 8.72. The molecule has 166 valence electrons. The van der Waals surface area contributed by atoms with E-state index in [9.17, 15) is 18.3 Å². The number of aromatic nitrogens is 1. The Kier molecular flexibility index (Phi) is 4.54. The van der Waals surface area contributed by atoms with Crippen LogP contribution < -0.4 is 4.90 Å². The molecule has 4 aliphatic rings. The van der Waals surface area contributed by atoms with Crippen LogP contribution in [0.4, 0.5) is 19.0 Å². The maximum absolute atomic E-state index is 12.8. The molecule has 4 fully saturated rings. The topological polar surface area (TPSA) is 39.6 Å². The first-order valence-electron chi connectivity index (χ1n) is 10.9. The first kappa shape index (κ1) is 20.9. The standard InChI is InChI=1S/C22H30F3N3OS/c1-14-12-27(8-9-28(14)18-5-4-15(11-26-18)22(23,24)25)30-13-20-6-7-21(20)16(10-17(20)29)19(21,2)3/h4-5,11,14,16-17,29H,6-10,12-13H2,1-3H3/t14?,16?,17-,20?,21?/m0/s1. The Morgan fingerprint density at radius 1 is 1.23 bits per heavy atom. The van der Waals surface area contributed by atoms with Gasteiger partial charge in [0.1, 0.15) is 5.82 Å². The van der Waals surface area contributed by atoms with E-state index in [1.807, 2.05) is 11.9 Å². The molecule has 1 spiro atoms. The predicted molar refractivity (Wildman–Crippen MR) is 112 cm³/mol. The third-order valence-corrected chi connectivity index (χ3v) is 10.3. The average molecular weight is 442 g/mol. The van der Waals surface area contributed by atoms with E-state index in [1.165, 1.54) is 12.5 Å². The summed E-state index contributed by atoms with van der Waals surface area (Å²) >= 11 is 1.86. The van der Waals surface area contributed by atoms with Crippen LogP contribution in [0.25, 0.3) is 0 Å². The number of pyridine rings is 1. The molecule has 0 aromatic carbocycles. The molecule has 8 heteroatoms. The lowest BCUT2D eigenvalue weighted by Gasteiger charge is -2.54. The van der Waals surface area contributed by atoms with Gasteiger partial charge in [-0.1, -0.05) is 25.8 Å². The van der Waals surface area contributed by atoms with Crippen molar-refractivity contribution in [1.82, 2.24) is 9.29 Å². The van der Waals surface area contributed by atoms with Crippen LogP contribution in [0.3, 0.4) is 0 Å². The largest absolute Gasteiger partial charge is 0.417 e. The molecular weight excluding hydrogens is 411 g/mol. The Morgan fingerprint density at radius 2 is 2.00 bits per heavy atom. The van der Waals surface area contributed by atoms with E-state index in [2.05, 4.69) is 35.0 Å². The molecule has 0 bridgehead atoms. The van der Waals surface area contributed by atoms with Crippen molar-refractivity contribution in [2.24, 2.45) is 22.2 Å². The van der Waals surface area contributed by atoms with Gasteiger partial charge in [-0.25, -0.2) is 9.29 Å². The van der Waals surface area contributed by atoms with E-state index in [4.69, 9.17) is 0 Å². The van der Waals surface area contributed by atoms with Gasteiger partial charge in [0.2, 0.25) is 0 Å². The van der Waals surface area contributed by atoms with Crippen molar-refractivity contribution in [2.45, 2.75) is 58.4 Å². The van der Waals surface area contributed by atoms with Crippen molar-refractivity contribution in [2.75, 3.05) is 30.3 Å². The average Bonchev–Trinajstić information content (AvgIpc) is 3.10. The van der Waals surface area contributed by atoms with Crippen LogP contribution in [0.15, 0.2) is 18.3 Å². The number of anilines is 1. The van der Waals surface area contributed by atoms with Crippen LogP contribution in [0.1, 0.15) is 45.6 Å². The Balaban J connectivity index is 1.20. The summed E-state index contributed by atoms with van der Waals surface area (Å²) in [5.74, 6) is 2.25. The molecule has 2 heterocycles. The Hall–Kier alpha value is -0.990. The van der Waals surface area contributed by atoms with Crippen LogP contribution in [0.5, 0.6) is 0 Å². The molecule has 4 nitrogen and oxygen atoms in total. The smallest absolute Gasteiger partial charge is 0.392 e. The predicted octanol–water partition coefficient (Wildman–Crippen LogP) is 4.45. The summed E-state index contributed by atoms with van der Waals surface area (Å²) in [6, 6.07) is 2.76. The van der Waals surface area contributed by atoms with Gasteiger partial charge in [0, 0.05) is 43.0 Å². The zero-order valence-electron chi connectivity index (χ0n) is 17.7. The van der Waals surface area contributed by atoms with Crippen LogP contribution in [-0.2, 0) is 6.18 Å². The molecule has 4 unspecified atom stereocenters. The lowest BCUT2D eigenvalue weighted by molar-refractivity contribution is -0.137. The first-order chi connectivity index (χ1) is 14.0. The van der Waals surface area contributed by atoms with Crippen molar-refractivity contribution in [3.05, 3.63) is 23.9 Å². The Labute approximate surface area is 180 Å². The molecule has 1 saturated heterocycles. The SMILES string of the molecule is CC1CN(SCC23CCC24C(C[C@@H]3O)C4(C)C)CCN1c1ccc(C(F)(F)F)cn1. The van der Waals surface area contributed by atoms with Gasteiger partial charge in [0.25, 0.3) is 0 Å². The van der Waals surface area contributed by atoms with Gasteiger partial charge in [-0.3, -0.25) is 0 Å². The number of hydrogen-bond donors (Lipinski definition) is 1. The van der Waals surface area contributed by atoms with Crippen LogP contribution in [0.2, 0.25) is 0 Å². The lowest BCUT2D eigenvalue weighted by Crippen LogP contribution is -2.54. The van der Waals surface area contributed by atoms with Crippen molar-refractivity contribution in [1.29, 1.82) is 0 Å². The van der Waals surface area contributed by atoms with Crippen LogP contribution >= 0.6 is 11.9 Å². The molecule has 0 amide bonds. The summed E-state index contributed by atoms with van der Waals surface area (Å²) < 4.78 is 40.7. The van der Waals surface area contributed by atoms with Gasteiger partial charge < -0.3 is 10.0 Å². The number of alkyl halides is 3. The quantitative estimate of drug-likeness (QED) is 0.700. The van der Waals surface area contributed by atoms with Gasteiger partial charge in [-0.2, -0.15) is 13.2 Å². The molecule has 1 aliphatic heterocycles. The van der Waals surface area contributed by atoms with Gasteiger partial charge in [-0.05, 0) is 55.1 Å². The van der Waals surface area contributed by atoms with Crippen molar-refractivity contribution < 1.29 is 18.3 Å². The minimum atomic E-state index is -4.36. The number of rotatable bonds is 4. The van der Waals surface area contributed by atoms with E-state index in [0.717, 1.165) is 50.5 Å². The molecule has 0 radical (unpaired) electrons. The summed E-state index contributed by atoms with van der Waals surface area (Å²) in [7, 11) is 0. The number of hydrogen-bond acceptors (Lipinski definition) is 5. The van der Waals surface area contributed by atoms with Gasteiger partial charge in [0.15, 0.2) is 0 Å². The minimum absolute atomic E-state index is 0.0706.